The number of carbonyl (C=O) groups excluding carboxylic acids is 4. The van der Waals surface area contributed by atoms with E-state index in [1.54, 1.807) is 0 Å². The molecule has 0 aromatic carbocycles. The fourth-order valence-electron chi connectivity index (χ4n) is 11.2. The van der Waals surface area contributed by atoms with Gasteiger partial charge in [0.15, 0.2) is 12.2 Å². The Morgan fingerprint density at radius 2 is 0.435 bits per heavy atom. The molecule has 0 aliphatic rings. The molecule has 3 N–H and O–H groups in total. The zero-order chi connectivity index (χ0) is 67.5. The zero-order valence-electron chi connectivity index (χ0n) is 59.5. The van der Waals surface area contributed by atoms with E-state index >= 15 is 0 Å². The number of unbranched alkanes of at least 4 members (excludes halogenated alkanes) is 48. The first-order valence-corrected chi connectivity index (χ1v) is 41.3. The highest BCUT2D eigenvalue weighted by Crippen LogP contribution is 2.45. The van der Waals surface area contributed by atoms with Crippen molar-refractivity contribution in [3.05, 3.63) is 0 Å². The van der Waals surface area contributed by atoms with E-state index in [-0.39, 0.29) is 25.7 Å². The van der Waals surface area contributed by atoms with E-state index in [1.807, 2.05) is 0 Å². The highest BCUT2D eigenvalue weighted by atomic mass is 31.2. The Hall–Kier alpha value is -1.94. The van der Waals surface area contributed by atoms with Gasteiger partial charge in [0.05, 0.1) is 26.4 Å². The molecule has 0 spiro atoms. The maximum absolute atomic E-state index is 13.1. The molecular weight excluding hydrogens is 1210 g/mol. The van der Waals surface area contributed by atoms with Crippen molar-refractivity contribution in [2.75, 3.05) is 39.6 Å². The molecule has 0 bridgehead atoms. The summed E-state index contributed by atoms with van der Waals surface area (Å²) >= 11 is 0. The Morgan fingerprint density at radius 3 is 0.641 bits per heavy atom. The number of phosphoric acid groups is 2. The molecule has 0 aliphatic heterocycles. The second kappa shape index (κ2) is 67.6. The highest BCUT2D eigenvalue weighted by Gasteiger charge is 2.30. The molecule has 546 valence electrons. The van der Waals surface area contributed by atoms with E-state index in [0.717, 1.165) is 103 Å². The quantitative estimate of drug-likeness (QED) is 0.0222. The Morgan fingerprint density at radius 1 is 0.261 bits per heavy atom. The van der Waals surface area contributed by atoms with E-state index < -0.39 is 97.5 Å². The van der Waals surface area contributed by atoms with Crippen LogP contribution in [0.4, 0.5) is 0 Å². The molecule has 17 nitrogen and oxygen atoms in total. The van der Waals surface area contributed by atoms with E-state index in [9.17, 15) is 43.2 Å². The maximum atomic E-state index is 13.1. The molecule has 0 amide bonds. The summed E-state index contributed by atoms with van der Waals surface area (Å²) in [5.74, 6) is -2.12. The Kier molecular flexibility index (Phi) is 66.2. The lowest BCUT2D eigenvalue weighted by Crippen LogP contribution is -2.30. The van der Waals surface area contributed by atoms with Gasteiger partial charge in [0.2, 0.25) is 0 Å². The molecule has 0 saturated carbocycles. The normalized spacial score (nSPS) is 13.9. The average molecular weight is 1350 g/mol. The van der Waals surface area contributed by atoms with Gasteiger partial charge in [-0.1, -0.05) is 336 Å². The van der Waals surface area contributed by atoms with Crippen LogP contribution in [0.25, 0.3) is 0 Å². The smallest absolute Gasteiger partial charge is 0.462 e. The van der Waals surface area contributed by atoms with Crippen molar-refractivity contribution >= 4 is 39.5 Å². The molecule has 0 radical (unpaired) electrons. The maximum Gasteiger partial charge on any atom is 0.472 e. The second-order valence-electron chi connectivity index (χ2n) is 26.3. The average Bonchev–Trinajstić information content (AvgIpc) is 1.93. The van der Waals surface area contributed by atoms with Crippen molar-refractivity contribution in [1.29, 1.82) is 0 Å². The molecule has 0 saturated heterocycles. The van der Waals surface area contributed by atoms with Gasteiger partial charge < -0.3 is 33.8 Å². The van der Waals surface area contributed by atoms with Crippen molar-refractivity contribution in [3.8, 4) is 0 Å². The van der Waals surface area contributed by atoms with Crippen LogP contribution in [0.15, 0.2) is 0 Å². The number of phosphoric ester groups is 2. The molecule has 5 atom stereocenters. The molecular formula is C73H142O17P2. The van der Waals surface area contributed by atoms with Gasteiger partial charge in [-0.25, -0.2) is 9.13 Å². The second-order valence-corrected chi connectivity index (χ2v) is 29.2. The van der Waals surface area contributed by atoms with Crippen LogP contribution in [0.1, 0.15) is 387 Å². The summed E-state index contributed by atoms with van der Waals surface area (Å²) in [4.78, 5) is 72.5. The third-order valence-electron chi connectivity index (χ3n) is 17.1. The number of esters is 4. The summed E-state index contributed by atoms with van der Waals surface area (Å²) in [6.07, 6.45) is 57.0. The topological polar surface area (TPSA) is 237 Å². The predicted octanol–water partition coefficient (Wildman–Crippen LogP) is 21.4. The largest absolute Gasteiger partial charge is 0.472 e. The lowest BCUT2D eigenvalue weighted by Gasteiger charge is -2.21. The molecule has 0 aromatic rings. The lowest BCUT2D eigenvalue weighted by molar-refractivity contribution is -0.161. The number of ether oxygens (including phenoxy) is 4. The first kappa shape index (κ1) is 90.1. The number of hydrogen-bond acceptors (Lipinski definition) is 15. The highest BCUT2D eigenvalue weighted by molar-refractivity contribution is 7.47. The molecule has 0 heterocycles. The van der Waals surface area contributed by atoms with Gasteiger partial charge in [-0.3, -0.25) is 37.3 Å². The van der Waals surface area contributed by atoms with Crippen LogP contribution in [-0.2, 0) is 65.4 Å². The minimum atomic E-state index is -4.95. The third kappa shape index (κ3) is 66.7. The van der Waals surface area contributed by atoms with Crippen LogP contribution in [0.3, 0.4) is 0 Å². The molecule has 92 heavy (non-hydrogen) atoms. The van der Waals surface area contributed by atoms with Gasteiger partial charge in [0.1, 0.15) is 19.3 Å². The van der Waals surface area contributed by atoms with Crippen LogP contribution >= 0.6 is 15.6 Å². The summed E-state index contributed by atoms with van der Waals surface area (Å²) in [6.45, 7) is 4.92. The van der Waals surface area contributed by atoms with Crippen molar-refractivity contribution in [2.24, 2.45) is 0 Å². The van der Waals surface area contributed by atoms with E-state index in [4.69, 9.17) is 37.0 Å². The molecule has 19 heteroatoms. The fraction of sp³-hybridized carbons (Fsp3) is 0.945. The summed E-state index contributed by atoms with van der Waals surface area (Å²) in [6, 6.07) is 0. The van der Waals surface area contributed by atoms with E-state index in [1.165, 1.54) is 205 Å². The summed E-state index contributed by atoms with van der Waals surface area (Å²) in [5, 5.41) is 10.6. The van der Waals surface area contributed by atoms with Gasteiger partial charge in [-0.15, -0.1) is 0 Å². The van der Waals surface area contributed by atoms with Crippen LogP contribution in [0.2, 0.25) is 0 Å². The van der Waals surface area contributed by atoms with Crippen LogP contribution in [0, 0.1) is 0 Å². The van der Waals surface area contributed by atoms with Crippen molar-refractivity contribution in [2.45, 2.75) is 406 Å². The zero-order valence-corrected chi connectivity index (χ0v) is 61.3. The van der Waals surface area contributed by atoms with Gasteiger partial charge in [-0.05, 0) is 25.7 Å². The van der Waals surface area contributed by atoms with Crippen molar-refractivity contribution in [3.63, 3.8) is 0 Å². The fourth-order valence-corrected chi connectivity index (χ4v) is 12.8. The van der Waals surface area contributed by atoms with Gasteiger partial charge in [0, 0.05) is 25.7 Å². The van der Waals surface area contributed by atoms with Crippen LogP contribution < -0.4 is 0 Å². The van der Waals surface area contributed by atoms with Gasteiger partial charge >= 0.3 is 39.5 Å². The molecule has 0 aliphatic carbocycles. The van der Waals surface area contributed by atoms with E-state index in [0.29, 0.717) is 25.7 Å². The lowest BCUT2D eigenvalue weighted by atomic mass is 10.0. The minimum Gasteiger partial charge on any atom is -0.462 e. The molecule has 0 aromatic heterocycles. The summed E-state index contributed by atoms with van der Waals surface area (Å²) < 4.78 is 68.3. The number of rotatable bonds is 74. The number of hydrogen-bond donors (Lipinski definition) is 3. The van der Waals surface area contributed by atoms with Crippen LogP contribution in [0.5, 0.6) is 0 Å². The van der Waals surface area contributed by atoms with Crippen molar-refractivity contribution in [1.82, 2.24) is 0 Å². The first-order chi connectivity index (χ1) is 44.7. The van der Waals surface area contributed by atoms with Crippen molar-refractivity contribution < 1.29 is 80.2 Å². The standard InChI is InChI=1S/C73H142O17P2/c1-5-9-13-17-21-24-27-29-31-33-34-35-37-39-41-44-48-52-56-60-73(78)90-69(64-84-71(76)58-54-50-46-43-40-38-36-32-30-28-25-22-18-14-10-6-2)66-88-92(81,82)86-62-67(74)61-85-91(79,80)87-65-68(63-83-70(75)57-53-49-45-20-16-12-8-4)89-72(77)59-55-51-47-42-26-23-19-15-11-7-3/h67-69,74H,5-66H2,1-4H3,(H,79,80)(H,81,82)/t67-,68+,69+/m0/s1. The monoisotopic (exact) mass is 1350 g/mol. The Balaban J connectivity index is 5.17. The Bertz CT molecular complexity index is 1760. The first-order valence-electron chi connectivity index (χ1n) is 38.3. The number of aliphatic hydroxyl groups is 1. The number of carbonyl (C=O) groups is 4. The molecule has 0 rings (SSSR count). The van der Waals surface area contributed by atoms with E-state index in [2.05, 4.69) is 27.7 Å². The van der Waals surface area contributed by atoms with Crippen LogP contribution in [-0.4, -0.2) is 96.7 Å². The van der Waals surface area contributed by atoms with Gasteiger partial charge in [-0.2, -0.15) is 0 Å². The number of aliphatic hydroxyl groups excluding tert-OH is 1. The summed E-state index contributed by atoms with van der Waals surface area (Å²) in [5.41, 5.74) is 0. The van der Waals surface area contributed by atoms with Gasteiger partial charge in [0.25, 0.3) is 0 Å². The minimum absolute atomic E-state index is 0.107. The Labute approximate surface area is 562 Å². The predicted molar refractivity (Wildman–Crippen MR) is 372 cm³/mol. The molecule has 2 unspecified atom stereocenters. The third-order valence-corrected chi connectivity index (χ3v) is 19.0. The SMILES string of the molecule is CCCCCCCCCCCCCCCCCCCCCC(=O)O[C@H](COC(=O)CCCCCCCCCCCCCCCCCC)COP(=O)(O)OC[C@@H](O)COP(=O)(O)OC[C@@H](COC(=O)CCCCCCCCC)OC(=O)CCCCCCCCCCCC. The molecule has 0 fully saturated rings. The summed E-state index contributed by atoms with van der Waals surface area (Å²) in [7, 11) is -9.90.